The number of nitrogens with zero attached hydrogens (tertiary/aromatic N) is 8. The molecule has 4 amide bonds. The minimum absolute atomic E-state index is 0.0591. The lowest BCUT2D eigenvalue weighted by Gasteiger charge is -2.60. The number of H-pyrrole nitrogens is 1. The van der Waals surface area contributed by atoms with Gasteiger partial charge >= 0.3 is 12.2 Å². The molecule has 4 aromatic rings. The molecule has 1 aromatic carbocycles. The van der Waals surface area contributed by atoms with E-state index >= 15 is 0 Å². The van der Waals surface area contributed by atoms with Gasteiger partial charge in [0.25, 0.3) is 5.91 Å². The second kappa shape index (κ2) is 14.4. The number of aromatic nitrogens is 6. The minimum Gasteiger partial charge on any atom is -0.369 e. The number of hydrogen-bond acceptors (Lipinski definition) is 11. The standard InChI is InChI=1S/C37H41ClF3N11O4/c1-35(2,37(39,40)41)33-45-28(47-48-33)17-44-32(54)27-12-25(49-56-27)31-42-15-23(16-43-31)51-9-6-21(7-10-51)18-50-19-36(20-50)13-22(14-36)24-4-3-5-26(30(24)38)52-11-8-29(53)46-34(52)55/h3-5,12,15-16,21-22H,6-11,13-14,17-20H2,1-2H3,(H,44,54)(H,45,47,48)(H,46,53,55). The van der Waals surface area contributed by atoms with Crippen LogP contribution in [0.1, 0.15) is 79.6 Å². The summed E-state index contributed by atoms with van der Waals surface area (Å²) in [5.41, 5.74) is 0.971. The lowest BCUT2D eigenvalue weighted by Crippen LogP contribution is -2.62. The van der Waals surface area contributed by atoms with E-state index in [1.54, 1.807) is 17.3 Å². The second-order valence-electron chi connectivity index (χ2n) is 15.9. The number of piperidine rings is 1. The number of hydrogen-bond donors (Lipinski definition) is 3. The van der Waals surface area contributed by atoms with E-state index in [0.29, 0.717) is 34.5 Å². The first kappa shape index (κ1) is 37.8. The largest absolute Gasteiger partial charge is 0.401 e. The van der Waals surface area contributed by atoms with Crippen LogP contribution in [0.4, 0.5) is 29.3 Å². The van der Waals surface area contributed by atoms with Crippen LogP contribution in [-0.2, 0) is 16.8 Å². The summed E-state index contributed by atoms with van der Waals surface area (Å²) in [6.07, 6.45) is 3.46. The summed E-state index contributed by atoms with van der Waals surface area (Å²) >= 11 is 6.84. The molecular weight excluding hydrogens is 755 g/mol. The van der Waals surface area contributed by atoms with E-state index in [4.69, 9.17) is 16.1 Å². The van der Waals surface area contributed by atoms with Crippen molar-refractivity contribution in [3.8, 4) is 11.5 Å². The normalized spacial score (nSPS) is 19.5. The maximum Gasteiger partial charge on any atom is 0.401 e. The number of rotatable bonds is 10. The van der Waals surface area contributed by atoms with Crippen molar-refractivity contribution < 1.29 is 32.1 Å². The van der Waals surface area contributed by atoms with Crippen molar-refractivity contribution in [1.82, 2.24) is 45.8 Å². The summed E-state index contributed by atoms with van der Waals surface area (Å²) in [6.45, 7) is 7.12. The molecule has 3 aliphatic heterocycles. The van der Waals surface area contributed by atoms with E-state index in [0.717, 1.165) is 83.5 Å². The topological polar surface area (TPSA) is 178 Å². The maximum absolute atomic E-state index is 13.3. The van der Waals surface area contributed by atoms with Gasteiger partial charge in [-0.25, -0.2) is 19.7 Å². The van der Waals surface area contributed by atoms with Gasteiger partial charge in [-0.1, -0.05) is 28.9 Å². The fourth-order valence-electron chi connectivity index (χ4n) is 8.23. The van der Waals surface area contributed by atoms with Crippen molar-refractivity contribution in [3.63, 3.8) is 0 Å². The van der Waals surface area contributed by atoms with Gasteiger partial charge in [-0.15, -0.1) is 0 Å². The Morgan fingerprint density at radius 3 is 2.52 bits per heavy atom. The van der Waals surface area contributed by atoms with Crippen LogP contribution in [0.2, 0.25) is 5.02 Å². The van der Waals surface area contributed by atoms with Gasteiger partial charge in [0, 0.05) is 51.8 Å². The molecular formula is C37H41ClF3N11O4. The first-order valence-corrected chi connectivity index (χ1v) is 19.0. The highest BCUT2D eigenvalue weighted by Crippen LogP contribution is 2.57. The van der Waals surface area contributed by atoms with Gasteiger partial charge in [0.1, 0.15) is 11.2 Å². The number of amides is 4. The lowest BCUT2D eigenvalue weighted by atomic mass is 9.56. The molecule has 0 unspecified atom stereocenters. The van der Waals surface area contributed by atoms with Crippen molar-refractivity contribution >= 4 is 40.8 Å². The molecule has 0 radical (unpaired) electrons. The Kier molecular flexibility index (Phi) is 9.75. The minimum atomic E-state index is -4.54. The number of aromatic amines is 1. The van der Waals surface area contributed by atoms with Crippen LogP contribution in [0.15, 0.2) is 41.2 Å². The highest BCUT2D eigenvalue weighted by Gasteiger charge is 2.53. The van der Waals surface area contributed by atoms with Gasteiger partial charge in [-0.2, -0.15) is 18.3 Å². The van der Waals surface area contributed by atoms with Gasteiger partial charge in [0.15, 0.2) is 17.3 Å². The summed E-state index contributed by atoms with van der Waals surface area (Å²) < 4.78 is 45.1. The number of carbonyl (C=O) groups excluding carboxylic acids is 3. The molecule has 19 heteroatoms. The molecule has 15 nitrogen and oxygen atoms in total. The number of anilines is 2. The fourth-order valence-corrected chi connectivity index (χ4v) is 8.61. The van der Waals surface area contributed by atoms with Gasteiger partial charge in [0.05, 0.1) is 35.3 Å². The highest BCUT2D eigenvalue weighted by atomic mass is 35.5. The van der Waals surface area contributed by atoms with Crippen LogP contribution in [0.5, 0.6) is 0 Å². The van der Waals surface area contributed by atoms with Crippen LogP contribution in [0.3, 0.4) is 0 Å². The number of nitrogens with one attached hydrogen (secondary N) is 3. The zero-order valence-electron chi connectivity index (χ0n) is 30.8. The smallest absolute Gasteiger partial charge is 0.369 e. The quantitative estimate of drug-likeness (QED) is 0.192. The van der Waals surface area contributed by atoms with Gasteiger partial charge in [0.2, 0.25) is 11.7 Å². The van der Waals surface area contributed by atoms with Crippen LogP contribution in [0.25, 0.3) is 11.5 Å². The Morgan fingerprint density at radius 2 is 1.82 bits per heavy atom. The zero-order valence-corrected chi connectivity index (χ0v) is 31.6. The highest BCUT2D eigenvalue weighted by molar-refractivity contribution is 6.34. The maximum atomic E-state index is 13.3. The van der Waals surface area contributed by atoms with Gasteiger partial charge in [-0.05, 0) is 68.4 Å². The van der Waals surface area contributed by atoms with Crippen molar-refractivity contribution in [2.45, 2.75) is 70.0 Å². The molecule has 0 bridgehead atoms. The molecule has 0 atom stereocenters. The molecule has 1 spiro atoms. The molecule has 3 N–H and O–H groups in total. The Labute approximate surface area is 324 Å². The summed E-state index contributed by atoms with van der Waals surface area (Å²) in [5, 5.41) is 15.5. The summed E-state index contributed by atoms with van der Waals surface area (Å²) in [7, 11) is 0. The van der Waals surface area contributed by atoms with E-state index in [2.05, 4.69) is 56.8 Å². The van der Waals surface area contributed by atoms with Gasteiger partial charge < -0.3 is 19.6 Å². The molecule has 4 aliphatic rings. The van der Waals surface area contributed by atoms with E-state index in [1.165, 1.54) is 6.07 Å². The Bertz CT molecular complexity index is 2120. The summed E-state index contributed by atoms with van der Waals surface area (Å²) in [6, 6.07) is 6.81. The molecule has 1 aliphatic carbocycles. The predicted molar refractivity (Wildman–Crippen MR) is 197 cm³/mol. The van der Waals surface area contributed by atoms with Crippen LogP contribution in [-0.4, -0.2) is 98.5 Å². The van der Waals surface area contributed by atoms with E-state index in [-0.39, 0.29) is 42.0 Å². The number of likely N-dealkylation sites (tertiary alicyclic amines) is 1. The number of alkyl halides is 3. The van der Waals surface area contributed by atoms with Crippen molar-refractivity contribution in [2.24, 2.45) is 11.3 Å². The molecule has 1 saturated carbocycles. The first-order valence-electron chi connectivity index (χ1n) is 18.6. The van der Waals surface area contributed by atoms with E-state index < -0.39 is 29.4 Å². The Morgan fingerprint density at radius 1 is 1.09 bits per heavy atom. The second-order valence-corrected chi connectivity index (χ2v) is 16.3. The van der Waals surface area contributed by atoms with Crippen molar-refractivity contribution in [2.75, 3.05) is 49.1 Å². The zero-order chi connectivity index (χ0) is 39.4. The summed E-state index contributed by atoms with van der Waals surface area (Å²) in [4.78, 5) is 55.8. The van der Waals surface area contributed by atoms with Crippen LogP contribution >= 0.6 is 11.6 Å². The Hall–Kier alpha value is -5.10. The van der Waals surface area contributed by atoms with E-state index in [9.17, 15) is 27.6 Å². The lowest BCUT2D eigenvalue weighted by molar-refractivity contribution is -0.182. The van der Waals surface area contributed by atoms with E-state index in [1.807, 2.05) is 12.1 Å². The third-order valence-corrected chi connectivity index (χ3v) is 12.0. The number of benzene rings is 1. The monoisotopic (exact) mass is 795 g/mol. The predicted octanol–water partition coefficient (Wildman–Crippen LogP) is 5.22. The molecule has 56 heavy (non-hydrogen) atoms. The molecule has 8 rings (SSSR count). The van der Waals surface area contributed by atoms with Crippen molar-refractivity contribution in [1.29, 1.82) is 0 Å². The third-order valence-electron chi connectivity index (χ3n) is 11.6. The van der Waals surface area contributed by atoms with Gasteiger partial charge in [-0.3, -0.25) is 24.9 Å². The first-order chi connectivity index (χ1) is 26.7. The fraction of sp³-hybridized carbons (Fsp3) is 0.514. The molecule has 4 fully saturated rings. The molecule has 3 saturated heterocycles. The molecule has 296 valence electrons. The number of halogens is 4. The SMILES string of the molecule is CC(C)(c1n[nH]c(CNC(=O)c2cc(-c3ncc(N4CCC(CN5CC6(CC(c7cccc(N8CCC(=O)NC8=O)c7Cl)C6)C5)CC4)cn3)no2)n1)C(F)(F)F. The average molecular weight is 796 g/mol. The Balaban J connectivity index is 0.767. The number of urea groups is 1. The average Bonchev–Trinajstić information content (AvgIpc) is 3.83. The van der Waals surface area contributed by atoms with Crippen molar-refractivity contribution in [3.05, 3.63) is 64.7 Å². The number of imide groups is 1. The van der Waals surface area contributed by atoms with Crippen LogP contribution in [0, 0.1) is 11.3 Å². The van der Waals surface area contributed by atoms with Crippen LogP contribution < -0.4 is 20.4 Å². The molecule has 6 heterocycles. The third kappa shape index (κ3) is 7.31. The number of carbonyl (C=O) groups is 3. The molecule has 3 aromatic heterocycles. The summed E-state index contributed by atoms with van der Waals surface area (Å²) in [5.74, 6) is -0.141.